The van der Waals surface area contributed by atoms with Crippen LogP contribution < -0.4 is 64.2 Å². The summed E-state index contributed by atoms with van der Waals surface area (Å²) in [6, 6.07) is 5.50. The maximum atomic E-state index is 14.6. The van der Waals surface area contributed by atoms with E-state index < -0.39 is 170 Å². The highest BCUT2D eigenvalue weighted by Crippen LogP contribution is 2.25. The zero-order valence-electron chi connectivity index (χ0n) is 49.4. The molecule has 480 valence electrons. The Balaban J connectivity index is 0.971. The van der Waals surface area contributed by atoms with E-state index in [2.05, 4.69) is 74.2 Å². The van der Waals surface area contributed by atoms with E-state index >= 15 is 0 Å². The number of aromatic nitrogens is 2. The molecule has 13 amide bonds. The molecule has 0 bridgehead atoms. The third-order valence-electron chi connectivity index (χ3n) is 14.8. The van der Waals surface area contributed by atoms with Gasteiger partial charge in [-0.1, -0.05) is 50.2 Å². The van der Waals surface area contributed by atoms with E-state index in [9.17, 15) is 77.3 Å². The summed E-state index contributed by atoms with van der Waals surface area (Å²) in [5.41, 5.74) is 6.16. The molecule has 2 saturated heterocycles. The number of H-pyrrole nitrogens is 2. The van der Waals surface area contributed by atoms with Crippen molar-refractivity contribution in [2.75, 3.05) is 65.5 Å². The van der Waals surface area contributed by atoms with Crippen LogP contribution >= 0.6 is 0 Å². The van der Waals surface area contributed by atoms with Crippen LogP contribution in [0.4, 0.5) is 0 Å². The number of hydrogen-bond donors (Lipinski definition) is 16. The van der Waals surface area contributed by atoms with Gasteiger partial charge in [-0.05, 0) is 61.8 Å². The highest BCUT2D eigenvalue weighted by molar-refractivity contribution is 5.99. The van der Waals surface area contributed by atoms with E-state index in [1.807, 2.05) is 36.4 Å². The molecule has 18 N–H and O–H groups in total. The number of hydrogen-bond acceptors (Lipinski definition) is 15. The van der Waals surface area contributed by atoms with Gasteiger partial charge in [0.1, 0.15) is 42.3 Å². The number of nitrogens with zero attached hydrogens (tertiary/aromatic N) is 2. The van der Waals surface area contributed by atoms with Crippen molar-refractivity contribution in [3.05, 3.63) is 72.1 Å². The number of nitrogens with one attached hydrogen (secondary N) is 13. The van der Waals surface area contributed by atoms with Gasteiger partial charge in [-0.3, -0.25) is 62.3 Å². The molecule has 2 aliphatic heterocycles. The fourth-order valence-electron chi connectivity index (χ4n) is 10.1. The van der Waals surface area contributed by atoms with Crippen LogP contribution in [0.5, 0.6) is 0 Å². The first kappa shape index (κ1) is 68.1. The molecule has 0 unspecified atom stereocenters. The van der Waals surface area contributed by atoms with Gasteiger partial charge in [0.2, 0.25) is 70.9 Å². The van der Waals surface area contributed by atoms with Crippen LogP contribution in [0.2, 0.25) is 0 Å². The summed E-state index contributed by atoms with van der Waals surface area (Å²) in [4.78, 5) is 190. The fourth-order valence-corrected chi connectivity index (χ4v) is 10.1. The average Bonchev–Trinajstić information content (AvgIpc) is 1.94. The van der Waals surface area contributed by atoms with Crippen molar-refractivity contribution in [2.24, 2.45) is 5.92 Å². The lowest BCUT2D eigenvalue weighted by molar-refractivity contribution is -0.355. The number of carboxylic acid groups (broad SMARTS) is 1. The van der Waals surface area contributed by atoms with Crippen molar-refractivity contribution >= 4 is 105 Å². The van der Waals surface area contributed by atoms with Crippen molar-refractivity contribution < 1.29 is 83.1 Å². The summed E-state index contributed by atoms with van der Waals surface area (Å²) in [6.45, 7) is 0.428. The van der Waals surface area contributed by atoms with E-state index in [1.54, 1.807) is 38.4 Å². The average molecular weight is 1240 g/mol. The molecule has 0 aliphatic carbocycles. The number of rotatable bonds is 31. The Hall–Kier alpha value is -9.98. The lowest BCUT2D eigenvalue weighted by Gasteiger charge is -2.31. The number of carboxylic acids is 1. The largest absolute Gasteiger partial charge is 0.480 e. The van der Waals surface area contributed by atoms with Gasteiger partial charge in [0.25, 0.3) is 5.91 Å². The Labute approximate surface area is 509 Å². The normalized spacial score (nSPS) is 16.2. The number of aliphatic carboxylic acids is 1. The summed E-state index contributed by atoms with van der Waals surface area (Å²) in [5.74, 6) is -11.5. The Morgan fingerprint density at radius 3 is 1.46 bits per heavy atom. The number of fused-ring (bicyclic) bond motifs is 2. The molecule has 32 nitrogen and oxygen atoms in total. The Morgan fingerprint density at radius 2 is 0.966 bits per heavy atom. The van der Waals surface area contributed by atoms with Crippen LogP contribution in [0.25, 0.3) is 21.8 Å². The molecule has 2 aliphatic rings. The minimum atomic E-state index is -1.65. The second-order valence-corrected chi connectivity index (χ2v) is 21.6. The monoisotopic (exact) mass is 1240 g/mol. The van der Waals surface area contributed by atoms with Crippen LogP contribution in [0.3, 0.4) is 0 Å². The number of benzene rings is 2. The van der Waals surface area contributed by atoms with Gasteiger partial charge in [-0.15, -0.1) is 0 Å². The molecule has 6 rings (SSSR count). The first-order chi connectivity index (χ1) is 42.5. The lowest BCUT2D eigenvalue weighted by Crippen LogP contribution is -2.59. The first-order valence-electron chi connectivity index (χ1n) is 28.9. The third kappa shape index (κ3) is 19.5. The number of aliphatic hydroxyl groups excluding tert-OH is 1. The van der Waals surface area contributed by atoms with Gasteiger partial charge in [-0.2, -0.15) is 0 Å². The van der Waals surface area contributed by atoms with Crippen LogP contribution in [-0.2, 0) is 80.0 Å². The van der Waals surface area contributed by atoms with Crippen molar-refractivity contribution in [2.45, 2.75) is 102 Å². The van der Waals surface area contributed by atoms with Crippen molar-refractivity contribution in [3.63, 3.8) is 0 Å². The number of aliphatic hydroxyl groups is 1. The van der Waals surface area contributed by atoms with Crippen LogP contribution in [0, 0.1) is 5.92 Å². The van der Waals surface area contributed by atoms with Gasteiger partial charge in [0.05, 0.1) is 45.9 Å². The second kappa shape index (κ2) is 32.7. The summed E-state index contributed by atoms with van der Waals surface area (Å²) in [5, 5.41) is 48.4. The minimum Gasteiger partial charge on any atom is -0.480 e. The molecule has 32 heteroatoms. The molecule has 4 aromatic rings. The smallest absolute Gasteiger partial charge is 0.326 e. The molecule has 0 saturated carbocycles. The Bertz CT molecular complexity index is 3290. The summed E-state index contributed by atoms with van der Waals surface area (Å²) < 4.78 is 0. The van der Waals surface area contributed by atoms with Crippen LogP contribution in [-0.4, -0.2) is 221 Å². The van der Waals surface area contributed by atoms with Gasteiger partial charge < -0.3 is 94.2 Å². The van der Waals surface area contributed by atoms with E-state index in [-0.39, 0.29) is 51.9 Å². The van der Waals surface area contributed by atoms with Crippen LogP contribution in [0.15, 0.2) is 60.9 Å². The molecule has 4 heterocycles. The fraction of sp³-hybridized carbons (Fsp3) is 0.474. The van der Waals surface area contributed by atoms with Crippen molar-refractivity contribution in [1.82, 2.24) is 78.3 Å². The summed E-state index contributed by atoms with van der Waals surface area (Å²) >= 11 is 0. The van der Waals surface area contributed by atoms with Gasteiger partial charge in [0, 0.05) is 60.1 Å². The number of amides is 13. The second-order valence-electron chi connectivity index (χ2n) is 21.6. The van der Waals surface area contributed by atoms with Crippen LogP contribution in [0.1, 0.15) is 57.6 Å². The molecule has 7 atom stereocenters. The highest BCUT2D eigenvalue weighted by Gasteiger charge is 2.42. The maximum absolute atomic E-state index is 14.6. The number of quaternary nitrogens is 1. The van der Waals surface area contributed by atoms with E-state index in [4.69, 9.17) is 0 Å². The van der Waals surface area contributed by atoms with Gasteiger partial charge in [0.15, 0.2) is 6.54 Å². The molecule has 2 fully saturated rings. The number of aromatic amines is 2. The lowest BCUT2D eigenvalue weighted by atomic mass is 10.0. The van der Waals surface area contributed by atoms with Crippen molar-refractivity contribution in [3.8, 4) is 0 Å². The summed E-state index contributed by atoms with van der Waals surface area (Å²) in [6.07, 6.45) is 4.30. The summed E-state index contributed by atoms with van der Waals surface area (Å²) in [7, 11) is 0. The van der Waals surface area contributed by atoms with Gasteiger partial charge in [-0.25, -0.2) is 4.79 Å². The molecule has 0 spiro atoms. The molecule has 2 aromatic heterocycles. The van der Waals surface area contributed by atoms with E-state index in [1.165, 1.54) is 16.7 Å². The first-order valence-corrected chi connectivity index (χ1v) is 28.9. The van der Waals surface area contributed by atoms with Gasteiger partial charge >= 0.3 is 5.97 Å². The van der Waals surface area contributed by atoms with E-state index in [0.717, 1.165) is 21.8 Å². The SMILES string of the molecule is CC(C)[C@H](NC(=O)[C@H](C)NC(=O)CNC(=O)CNC(=O)CNC(=O)CNC(=O)CNC(=O)C[NH3+])C(=O)N1CCC[C@H]1C(=O)NCC(=O)N[C@@H](CO)C(=O)N[C@@H](Cc1c[nH]c2ccccc12)C(=O)N1CCC[C@H]1C(=O)N[C@@H](Cc1c[nH]c2ccccc12)C(=O)O. The molecule has 89 heavy (non-hydrogen) atoms. The molecular weight excluding hydrogens is 1160 g/mol. The maximum Gasteiger partial charge on any atom is 0.326 e. The number of carbonyl (C=O) groups excluding carboxylic acids is 13. The third-order valence-corrected chi connectivity index (χ3v) is 14.8. The molecular formula is C57H77N16O16+. The zero-order chi connectivity index (χ0) is 64.9. The molecule has 2 aromatic carbocycles. The predicted octanol–water partition coefficient (Wildman–Crippen LogP) is -6.47. The Morgan fingerprint density at radius 1 is 0.517 bits per heavy atom. The number of para-hydroxylation sites is 2. The number of likely N-dealkylation sites (tertiary alicyclic amines) is 2. The van der Waals surface area contributed by atoms with E-state index in [0.29, 0.717) is 24.0 Å². The number of carbonyl (C=O) groups is 14. The predicted molar refractivity (Wildman–Crippen MR) is 314 cm³/mol. The zero-order valence-corrected chi connectivity index (χ0v) is 49.4. The highest BCUT2D eigenvalue weighted by atomic mass is 16.4. The molecule has 0 radical (unpaired) electrons. The Kier molecular flexibility index (Phi) is 25.0. The standard InChI is InChI=1S/C57H76N16O16/c1-30(2)50(71-51(82)31(3)67-48(80)27-65-47(79)26-64-46(78)25-63-45(77)24-62-44(76)23-61-43(75)20-58)56(87)73-17-8-14-41(73)53(84)66-28-49(81)68-40(29-74)52(83)69-38(18-32-21-59-36-12-6-4-10-34(32)36)55(86)72-16-9-15-42(72)54(85)70-39(57(88)89)19-33-22-60-37-13-7-5-11-35(33)37/h4-7,10-13,21-22,30-31,38-42,50,59-60,74H,8-9,14-20,23-29,58H2,1-3H3,(H,61,75)(H,62,76)(H,63,77)(H,64,78)(H,65,79)(H,66,84)(H,67,80)(H,68,81)(H,69,83)(H,70,85)(H,71,82)(H,88,89)/p+1/t31-,38-,39-,40-,41-,42-,50-/m0/s1. The van der Waals surface area contributed by atoms with Crippen molar-refractivity contribution in [1.29, 1.82) is 0 Å². The topological polar surface area (TPSA) is 477 Å². The quantitative estimate of drug-likeness (QED) is 0.0223. The minimum absolute atomic E-state index is 0.0533.